The van der Waals surface area contributed by atoms with Crippen LogP contribution >= 0.6 is 0 Å². The number of carbonyl (C=O) groups excluding carboxylic acids is 1. The molecule has 23 heavy (non-hydrogen) atoms. The van der Waals surface area contributed by atoms with Gasteiger partial charge in [0, 0.05) is 20.1 Å². The van der Waals surface area contributed by atoms with E-state index < -0.39 is 33.8 Å². The minimum Gasteiger partial charge on any atom is -0.480 e. The lowest BCUT2D eigenvalue weighted by atomic mass is 10.3. The van der Waals surface area contributed by atoms with E-state index in [0.29, 0.717) is 0 Å². The fourth-order valence-corrected chi connectivity index (χ4v) is 2.64. The van der Waals surface area contributed by atoms with Gasteiger partial charge in [0.05, 0.1) is 11.5 Å². The standard InChI is InChI=1S/C13H17FN2O6S/c1-22-8-11(13(18)19)16-12(17)6-7-15-23(20,21)10-4-2-9(14)3-5-10/h2-5,11,15H,6-8H2,1H3,(H,16,17)(H,18,19). The lowest BCUT2D eigenvalue weighted by molar-refractivity contribution is -0.143. The number of carbonyl (C=O) groups is 2. The number of rotatable bonds is 9. The van der Waals surface area contributed by atoms with Crippen molar-refractivity contribution >= 4 is 21.9 Å². The molecule has 1 atom stereocenters. The molecule has 0 aliphatic carbocycles. The predicted octanol–water partition coefficient (Wildman–Crippen LogP) is -0.290. The van der Waals surface area contributed by atoms with Crippen LogP contribution < -0.4 is 10.0 Å². The van der Waals surface area contributed by atoms with Crippen LogP contribution in [0.15, 0.2) is 29.2 Å². The first-order valence-corrected chi connectivity index (χ1v) is 8.01. The summed E-state index contributed by atoms with van der Waals surface area (Å²) >= 11 is 0. The number of benzene rings is 1. The quantitative estimate of drug-likeness (QED) is 0.564. The van der Waals surface area contributed by atoms with Gasteiger partial charge < -0.3 is 15.2 Å². The van der Waals surface area contributed by atoms with Crippen molar-refractivity contribution in [1.82, 2.24) is 10.0 Å². The van der Waals surface area contributed by atoms with Gasteiger partial charge in [-0.15, -0.1) is 0 Å². The van der Waals surface area contributed by atoms with E-state index in [1.54, 1.807) is 0 Å². The fourth-order valence-electron chi connectivity index (χ4n) is 1.60. The van der Waals surface area contributed by atoms with Crippen LogP contribution in [0.3, 0.4) is 0 Å². The summed E-state index contributed by atoms with van der Waals surface area (Å²) in [4.78, 5) is 22.3. The molecule has 0 radical (unpaired) electrons. The molecule has 0 saturated heterocycles. The van der Waals surface area contributed by atoms with Crippen LogP contribution in [0.4, 0.5) is 4.39 Å². The van der Waals surface area contributed by atoms with Crippen molar-refractivity contribution in [2.75, 3.05) is 20.3 Å². The molecule has 0 aromatic heterocycles. The molecule has 1 rings (SSSR count). The third-order valence-electron chi connectivity index (χ3n) is 2.73. The Balaban J connectivity index is 2.50. The molecule has 0 aliphatic rings. The summed E-state index contributed by atoms with van der Waals surface area (Å²) in [6, 6.07) is 2.99. The third-order valence-corrected chi connectivity index (χ3v) is 4.21. The molecule has 1 amide bonds. The number of methoxy groups -OCH3 is 1. The minimum absolute atomic E-state index is 0.137. The van der Waals surface area contributed by atoms with Crippen molar-refractivity contribution in [3.8, 4) is 0 Å². The number of nitrogens with one attached hydrogen (secondary N) is 2. The molecule has 0 heterocycles. The van der Waals surface area contributed by atoms with Gasteiger partial charge in [0.2, 0.25) is 15.9 Å². The first-order valence-electron chi connectivity index (χ1n) is 6.52. The highest BCUT2D eigenvalue weighted by Gasteiger charge is 2.20. The van der Waals surface area contributed by atoms with Crippen molar-refractivity contribution in [2.45, 2.75) is 17.4 Å². The van der Waals surface area contributed by atoms with E-state index in [1.165, 1.54) is 7.11 Å². The zero-order chi connectivity index (χ0) is 17.5. The largest absolute Gasteiger partial charge is 0.480 e. The fraction of sp³-hybridized carbons (Fsp3) is 0.385. The lowest BCUT2D eigenvalue weighted by Gasteiger charge is -2.13. The van der Waals surface area contributed by atoms with Gasteiger partial charge in [-0.25, -0.2) is 22.3 Å². The van der Waals surface area contributed by atoms with Crippen LogP contribution in [0, 0.1) is 5.82 Å². The van der Waals surface area contributed by atoms with Crippen molar-refractivity contribution in [1.29, 1.82) is 0 Å². The summed E-state index contributed by atoms with van der Waals surface area (Å²) in [5, 5.41) is 11.0. The summed E-state index contributed by atoms with van der Waals surface area (Å²) in [5.74, 6) is -2.47. The Kier molecular flexibility index (Phi) is 7.07. The maximum Gasteiger partial charge on any atom is 0.328 e. The number of hydrogen-bond acceptors (Lipinski definition) is 5. The number of halogens is 1. The maximum atomic E-state index is 12.8. The van der Waals surface area contributed by atoms with E-state index in [-0.39, 0.29) is 24.5 Å². The molecule has 0 aliphatic heterocycles. The number of hydrogen-bond donors (Lipinski definition) is 3. The normalized spacial score (nSPS) is 12.6. The highest BCUT2D eigenvalue weighted by molar-refractivity contribution is 7.89. The van der Waals surface area contributed by atoms with Crippen LogP contribution in [-0.2, 0) is 24.3 Å². The molecule has 1 aromatic rings. The molecule has 0 bridgehead atoms. The minimum atomic E-state index is -3.87. The first kappa shape index (κ1) is 19.0. The number of sulfonamides is 1. The van der Waals surface area contributed by atoms with E-state index >= 15 is 0 Å². The highest BCUT2D eigenvalue weighted by Crippen LogP contribution is 2.09. The molecule has 1 aromatic carbocycles. The Morgan fingerprint density at radius 1 is 1.30 bits per heavy atom. The topological polar surface area (TPSA) is 122 Å². The van der Waals surface area contributed by atoms with Crippen LogP contribution in [0.25, 0.3) is 0 Å². The summed E-state index contributed by atoms with van der Waals surface area (Å²) in [6.45, 7) is -0.437. The van der Waals surface area contributed by atoms with Gasteiger partial charge in [0.15, 0.2) is 6.04 Å². The van der Waals surface area contributed by atoms with Crippen LogP contribution in [0.5, 0.6) is 0 Å². The molecule has 0 spiro atoms. The second-order valence-electron chi connectivity index (χ2n) is 4.52. The van der Waals surface area contributed by atoms with Gasteiger partial charge >= 0.3 is 5.97 Å². The van der Waals surface area contributed by atoms with E-state index in [2.05, 4.69) is 14.8 Å². The number of ether oxygens (including phenoxy) is 1. The number of carboxylic acids is 1. The number of amides is 1. The van der Waals surface area contributed by atoms with Crippen molar-refractivity contribution in [3.05, 3.63) is 30.1 Å². The van der Waals surface area contributed by atoms with Gasteiger partial charge in [-0.3, -0.25) is 4.79 Å². The molecule has 0 saturated carbocycles. The SMILES string of the molecule is COCC(NC(=O)CCNS(=O)(=O)c1ccc(F)cc1)C(=O)O. The second-order valence-corrected chi connectivity index (χ2v) is 6.28. The van der Waals surface area contributed by atoms with Gasteiger partial charge in [0.25, 0.3) is 0 Å². The van der Waals surface area contributed by atoms with Crippen LogP contribution in [-0.4, -0.2) is 51.7 Å². The monoisotopic (exact) mass is 348 g/mol. The molecule has 8 nitrogen and oxygen atoms in total. The van der Waals surface area contributed by atoms with E-state index in [9.17, 15) is 22.4 Å². The van der Waals surface area contributed by atoms with Crippen molar-refractivity contribution < 1.29 is 32.2 Å². The van der Waals surface area contributed by atoms with Gasteiger partial charge in [-0.05, 0) is 24.3 Å². The molecular formula is C13H17FN2O6S. The van der Waals surface area contributed by atoms with E-state index in [1.807, 2.05) is 0 Å². The molecule has 0 fully saturated rings. The van der Waals surface area contributed by atoms with Gasteiger partial charge in [-0.1, -0.05) is 0 Å². The molecule has 1 unspecified atom stereocenters. The average molecular weight is 348 g/mol. The second kappa shape index (κ2) is 8.56. The summed E-state index contributed by atoms with van der Waals surface area (Å²) in [6.07, 6.45) is -0.256. The lowest BCUT2D eigenvalue weighted by Crippen LogP contribution is -2.44. The smallest absolute Gasteiger partial charge is 0.328 e. The molecule has 3 N–H and O–H groups in total. The average Bonchev–Trinajstić information content (AvgIpc) is 2.47. The molecule has 10 heteroatoms. The van der Waals surface area contributed by atoms with Gasteiger partial charge in [-0.2, -0.15) is 0 Å². The van der Waals surface area contributed by atoms with Gasteiger partial charge in [0.1, 0.15) is 5.82 Å². The van der Waals surface area contributed by atoms with E-state index in [0.717, 1.165) is 24.3 Å². The Morgan fingerprint density at radius 3 is 2.43 bits per heavy atom. The highest BCUT2D eigenvalue weighted by atomic mass is 32.2. The Morgan fingerprint density at radius 2 is 1.91 bits per heavy atom. The van der Waals surface area contributed by atoms with E-state index in [4.69, 9.17) is 5.11 Å². The third kappa shape index (κ3) is 6.30. The molecular weight excluding hydrogens is 331 g/mol. The zero-order valence-corrected chi connectivity index (χ0v) is 13.1. The summed E-state index contributed by atoms with van der Waals surface area (Å²) in [7, 11) is -2.57. The Bertz CT molecular complexity index is 647. The summed E-state index contributed by atoms with van der Waals surface area (Å²) < 4.78 is 43.3. The first-order chi connectivity index (χ1) is 10.8. The predicted molar refractivity (Wildman–Crippen MR) is 77.6 cm³/mol. The Labute approximate surface area is 132 Å². The zero-order valence-electron chi connectivity index (χ0n) is 12.3. The number of carboxylic acid groups (broad SMARTS) is 1. The maximum absolute atomic E-state index is 12.8. The number of aliphatic carboxylic acids is 1. The summed E-state index contributed by atoms with van der Waals surface area (Å²) in [5.41, 5.74) is 0. The Hall–Kier alpha value is -2.04. The molecule has 128 valence electrons. The van der Waals surface area contributed by atoms with Crippen LogP contribution in [0.1, 0.15) is 6.42 Å². The van der Waals surface area contributed by atoms with Crippen molar-refractivity contribution in [2.24, 2.45) is 0 Å². The van der Waals surface area contributed by atoms with Crippen molar-refractivity contribution in [3.63, 3.8) is 0 Å². The van der Waals surface area contributed by atoms with Crippen LogP contribution in [0.2, 0.25) is 0 Å².